The molecule has 0 atom stereocenters. The Morgan fingerprint density at radius 3 is 1.97 bits per heavy atom. The number of hydrogen-bond donors (Lipinski definition) is 0. The van der Waals surface area contributed by atoms with Crippen LogP contribution in [0.25, 0.3) is 0 Å². The van der Waals surface area contributed by atoms with Gasteiger partial charge in [-0.3, -0.25) is 0 Å². The minimum absolute atomic E-state index is 0.209. The molecular formula is C26H42BNO4. The quantitative estimate of drug-likeness (QED) is 0.561. The van der Waals surface area contributed by atoms with Crippen molar-refractivity contribution < 1.29 is 18.8 Å². The van der Waals surface area contributed by atoms with Crippen LogP contribution >= 0.6 is 0 Å². The minimum atomic E-state index is -0.510. The molecule has 1 saturated carbocycles. The van der Waals surface area contributed by atoms with Gasteiger partial charge < -0.3 is 18.9 Å². The number of rotatable bonds is 4. The van der Waals surface area contributed by atoms with Crippen molar-refractivity contribution in [3.63, 3.8) is 0 Å². The molecule has 5 nitrogen and oxygen atoms in total. The SMILES string of the molecule is CC1(C)CCC(N(Cc2ccc(B3OC(C)(C)C(C)(C)O3)cc2)C(=O)OC(C)(C)C)CC1. The molecule has 1 aliphatic carbocycles. The Labute approximate surface area is 195 Å². The van der Waals surface area contributed by atoms with E-state index in [9.17, 15) is 4.79 Å². The van der Waals surface area contributed by atoms with Crippen LogP contribution in [0.3, 0.4) is 0 Å². The molecule has 2 aliphatic rings. The smallest absolute Gasteiger partial charge is 0.444 e. The summed E-state index contributed by atoms with van der Waals surface area (Å²) in [6, 6.07) is 8.46. The first-order chi connectivity index (χ1) is 14.6. The number of benzene rings is 1. The molecule has 6 heteroatoms. The lowest BCUT2D eigenvalue weighted by molar-refractivity contribution is 0.00491. The van der Waals surface area contributed by atoms with Gasteiger partial charge in [-0.15, -0.1) is 0 Å². The van der Waals surface area contributed by atoms with Crippen LogP contribution < -0.4 is 5.46 Å². The molecule has 1 aliphatic heterocycles. The maximum absolute atomic E-state index is 13.1. The van der Waals surface area contributed by atoms with Gasteiger partial charge >= 0.3 is 13.2 Å². The molecule has 0 radical (unpaired) electrons. The van der Waals surface area contributed by atoms with Crippen molar-refractivity contribution >= 4 is 18.7 Å². The van der Waals surface area contributed by atoms with Crippen molar-refractivity contribution in [3.05, 3.63) is 29.8 Å². The van der Waals surface area contributed by atoms with E-state index in [1.807, 2.05) is 25.7 Å². The number of hydrogen-bond acceptors (Lipinski definition) is 4. The van der Waals surface area contributed by atoms with E-state index in [4.69, 9.17) is 14.0 Å². The summed E-state index contributed by atoms with van der Waals surface area (Å²) in [5.74, 6) is 0. The van der Waals surface area contributed by atoms with Gasteiger partial charge in [0.15, 0.2) is 0 Å². The summed E-state index contributed by atoms with van der Waals surface area (Å²) >= 11 is 0. The molecule has 0 N–H and O–H groups in total. The summed E-state index contributed by atoms with van der Waals surface area (Å²) < 4.78 is 18.1. The summed E-state index contributed by atoms with van der Waals surface area (Å²) in [6.07, 6.45) is 4.05. The summed E-state index contributed by atoms with van der Waals surface area (Å²) in [4.78, 5) is 15.0. The highest BCUT2D eigenvalue weighted by atomic mass is 16.7. The zero-order valence-corrected chi connectivity index (χ0v) is 21.6. The van der Waals surface area contributed by atoms with Crippen LogP contribution in [0, 0.1) is 5.41 Å². The van der Waals surface area contributed by atoms with Gasteiger partial charge in [-0.25, -0.2) is 4.79 Å². The van der Waals surface area contributed by atoms with Crippen molar-refractivity contribution in [1.82, 2.24) is 4.90 Å². The first kappa shape index (κ1) is 25.1. The lowest BCUT2D eigenvalue weighted by atomic mass is 9.75. The molecule has 1 saturated heterocycles. The molecule has 32 heavy (non-hydrogen) atoms. The van der Waals surface area contributed by atoms with Crippen molar-refractivity contribution in [2.75, 3.05) is 0 Å². The molecule has 2 fully saturated rings. The third kappa shape index (κ3) is 5.88. The van der Waals surface area contributed by atoms with E-state index in [0.29, 0.717) is 12.0 Å². The highest BCUT2D eigenvalue weighted by molar-refractivity contribution is 6.62. The second kappa shape index (κ2) is 8.68. The van der Waals surface area contributed by atoms with Crippen LogP contribution in [0.5, 0.6) is 0 Å². The summed E-state index contributed by atoms with van der Waals surface area (Å²) in [6.45, 7) is 19.2. The van der Waals surface area contributed by atoms with E-state index in [1.165, 1.54) is 0 Å². The van der Waals surface area contributed by atoms with Crippen molar-refractivity contribution in [3.8, 4) is 0 Å². The number of ether oxygens (including phenoxy) is 1. The first-order valence-corrected chi connectivity index (χ1v) is 12.0. The average molecular weight is 443 g/mol. The normalized spacial score (nSPS) is 22.6. The number of carbonyl (C=O) groups excluding carboxylic acids is 1. The molecule has 0 bridgehead atoms. The molecule has 0 unspecified atom stereocenters. The van der Waals surface area contributed by atoms with Gasteiger partial charge in [0.1, 0.15) is 5.60 Å². The molecule has 3 rings (SSSR count). The fourth-order valence-electron chi connectivity index (χ4n) is 4.32. The van der Waals surface area contributed by atoms with Crippen molar-refractivity contribution in [1.29, 1.82) is 0 Å². The third-order valence-corrected chi connectivity index (χ3v) is 7.24. The lowest BCUT2D eigenvalue weighted by Crippen LogP contribution is -2.45. The van der Waals surface area contributed by atoms with E-state index in [-0.39, 0.29) is 30.5 Å². The van der Waals surface area contributed by atoms with Gasteiger partial charge in [0.25, 0.3) is 0 Å². The average Bonchev–Trinajstić information content (AvgIpc) is 2.86. The molecule has 0 aromatic heterocycles. The molecule has 1 amide bonds. The van der Waals surface area contributed by atoms with E-state index < -0.39 is 5.60 Å². The molecule has 1 aromatic carbocycles. The lowest BCUT2D eigenvalue weighted by Gasteiger charge is -2.40. The first-order valence-electron chi connectivity index (χ1n) is 12.0. The van der Waals surface area contributed by atoms with Gasteiger partial charge in [0, 0.05) is 12.6 Å². The monoisotopic (exact) mass is 443 g/mol. The maximum Gasteiger partial charge on any atom is 0.494 e. The standard InChI is InChI=1S/C26H42BNO4/c1-23(2,3)30-22(29)28(21-14-16-24(4,5)17-15-21)18-19-10-12-20(13-11-19)27-31-25(6,7)26(8,9)32-27/h10-13,21H,14-18H2,1-9H3. The van der Waals surface area contributed by atoms with Crippen molar-refractivity contribution in [2.24, 2.45) is 5.41 Å². The summed E-state index contributed by atoms with van der Waals surface area (Å²) in [7, 11) is -0.378. The van der Waals surface area contributed by atoms with E-state index in [1.54, 1.807) is 0 Å². The Bertz CT molecular complexity index is 784. The van der Waals surface area contributed by atoms with Crippen LogP contribution in [0.4, 0.5) is 4.79 Å². The van der Waals surface area contributed by atoms with Crippen LogP contribution in [0.1, 0.15) is 93.6 Å². The van der Waals surface area contributed by atoms with E-state index in [0.717, 1.165) is 36.7 Å². The molecule has 1 aromatic rings. The fourth-order valence-corrected chi connectivity index (χ4v) is 4.32. The van der Waals surface area contributed by atoms with Gasteiger partial charge in [0.2, 0.25) is 0 Å². The Morgan fingerprint density at radius 1 is 1.00 bits per heavy atom. The maximum atomic E-state index is 13.1. The Balaban J connectivity index is 1.74. The predicted octanol–water partition coefficient (Wildman–Crippen LogP) is 5.69. The van der Waals surface area contributed by atoms with Gasteiger partial charge in [-0.05, 0) is 90.6 Å². The number of amides is 1. The van der Waals surface area contributed by atoms with Gasteiger partial charge in [-0.1, -0.05) is 38.1 Å². The second-order valence-corrected chi connectivity index (χ2v) is 12.3. The zero-order chi connectivity index (χ0) is 23.9. The Kier molecular flexibility index (Phi) is 6.81. The van der Waals surface area contributed by atoms with Gasteiger partial charge in [-0.2, -0.15) is 0 Å². The second-order valence-electron chi connectivity index (χ2n) is 12.3. The Morgan fingerprint density at radius 2 is 1.50 bits per heavy atom. The van der Waals surface area contributed by atoms with E-state index >= 15 is 0 Å². The van der Waals surface area contributed by atoms with Crippen molar-refractivity contribution in [2.45, 2.75) is 117 Å². The van der Waals surface area contributed by atoms with Crippen LogP contribution in [0.2, 0.25) is 0 Å². The topological polar surface area (TPSA) is 48.0 Å². The van der Waals surface area contributed by atoms with E-state index in [2.05, 4.69) is 65.8 Å². The largest absolute Gasteiger partial charge is 0.494 e. The molecular weight excluding hydrogens is 401 g/mol. The zero-order valence-electron chi connectivity index (χ0n) is 21.6. The minimum Gasteiger partial charge on any atom is -0.444 e. The highest BCUT2D eigenvalue weighted by Crippen LogP contribution is 2.38. The fraction of sp³-hybridized carbons (Fsp3) is 0.731. The Hall–Kier alpha value is -1.53. The predicted molar refractivity (Wildman–Crippen MR) is 130 cm³/mol. The van der Waals surface area contributed by atoms with Crippen LogP contribution in [-0.4, -0.2) is 41.0 Å². The number of carbonyl (C=O) groups is 1. The molecule has 178 valence electrons. The third-order valence-electron chi connectivity index (χ3n) is 7.24. The molecule has 1 heterocycles. The number of nitrogens with zero attached hydrogens (tertiary/aromatic N) is 1. The summed E-state index contributed by atoms with van der Waals surface area (Å²) in [5, 5.41) is 0. The molecule has 0 spiro atoms. The highest BCUT2D eigenvalue weighted by Gasteiger charge is 2.51. The van der Waals surface area contributed by atoms with Crippen LogP contribution in [-0.2, 0) is 20.6 Å². The van der Waals surface area contributed by atoms with Gasteiger partial charge in [0.05, 0.1) is 11.2 Å². The van der Waals surface area contributed by atoms with Crippen LogP contribution in [0.15, 0.2) is 24.3 Å². The summed E-state index contributed by atoms with van der Waals surface area (Å²) in [5.41, 5.74) is 1.19.